The van der Waals surface area contributed by atoms with Gasteiger partial charge in [-0.3, -0.25) is 0 Å². The van der Waals surface area contributed by atoms with Gasteiger partial charge in [0, 0.05) is 13.1 Å². The molecule has 0 spiro atoms. The van der Waals surface area contributed by atoms with E-state index in [1.54, 1.807) is 0 Å². The lowest BCUT2D eigenvalue weighted by Gasteiger charge is -2.31. The molecule has 4 rings (SSSR count). The summed E-state index contributed by atoms with van der Waals surface area (Å²) in [4.78, 5) is 14.3. The fourth-order valence-electron chi connectivity index (χ4n) is 4.58. The Balaban J connectivity index is 0.00000342. The Morgan fingerprint density at radius 1 is 0.800 bits per heavy atom. The number of carbonyl (C=O) groups is 1. The van der Waals surface area contributed by atoms with E-state index in [0.717, 1.165) is 19.0 Å². The number of likely N-dealkylation sites (tertiary alicyclic amines) is 1. The third-order valence-corrected chi connectivity index (χ3v) is 10.6. The highest BCUT2D eigenvalue weighted by atomic mass is 35.5. The van der Waals surface area contributed by atoms with E-state index in [4.69, 9.17) is 4.74 Å². The number of allylic oxidation sites excluding steroid dienone is 1. The number of hydrogen-bond acceptors (Lipinski definition) is 2. The topological polar surface area (TPSA) is 29.5 Å². The van der Waals surface area contributed by atoms with Crippen molar-refractivity contribution in [2.24, 2.45) is 0 Å². The summed E-state index contributed by atoms with van der Waals surface area (Å²) in [7, 11) is -1.86. The summed E-state index contributed by atoms with van der Waals surface area (Å²) in [6, 6.07) is 33.0. The summed E-state index contributed by atoms with van der Waals surface area (Å²) < 4.78 is 5.57. The Bertz CT molecular complexity index is 1000. The molecule has 1 fully saturated rings. The molecule has 1 amide bonds. The predicted molar refractivity (Wildman–Crippen MR) is 145 cm³/mol. The van der Waals surface area contributed by atoms with Crippen LogP contribution in [0.2, 0.25) is 0 Å². The van der Waals surface area contributed by atoms with Gasteiger partial charge >= 0.3 is 6.09 Å². The Labute approximate surface area is 217 Å². The molecule has 3 nitrogen and oxygen atoms in total. The van der Waals surface area contributed by atoms with Crippen LogP contribution in [0.15, 0.2) is 103 Å². The van der Waals surface area contributed by atoms with Crippen molar-refractivity contribution in [3.8, 4) is 0 Å². The van der Waals surface area contributed by atoms with Gasteiger partial charge in [-0.1, -0.05) is 60.2 Å². The SMILES string of the molecule is CC(C)(C)OC(=O)N1CCC(=CC[P+](c2ccccc2)(c2ccccc2)c2ccccc2)CC1.[Cl-]. The van der Waals surface area contributed by atoms with Gasteiger partial charge in [-0.05, 0) is 76.1 Å². The van der Waals surface area contributed by atoms with Crippen molar-refractivity contribution in [3.05, 3.63) is 103 Å². The van der Waals surface area contributed by atoms with Crippen molar-refractivity contribution < 1.29 is 21.9 Å². The monoisotopic (exact) mass is 507 g/mol. The Kier molecular flexibility index (Phi) is 9.16. The molecule has 3 aromatic carbocycles. The van der Waals surface area contributed by atoms with Crippen molar-refractivity contribution in [2.75, 3.05) is 19.3 Å². The first-order valence-corrected chi connectivity index (χ1v) is 14.1. The highest BCUT2D eigenvalue weighted by Crippen LogP contribution is 2.55. The van der Waals surface area contributed by atoms with Crippen LogP contribution in [-0.4, -0.2) is 35.8 Å². The number of benzene rings is 3. The highest BCUT2D eigenvalue weighted by Gasteiger charge is 2.44. The second kappa shape index (κ2) is 11.9. The van der Waals surface area contributed by atoms with E-state index in [2.05, 4.69) is 97.1 Å². The Morgan fingerprint density at radius 2 is 1.20 bits per heavy atom. The molecule has 0 atom stereocenters. The third kappa shape index (κ3) is 6.54. The average molecular weight is 508 g/mol. The minimum absolute atomic E-state index is 0. The van der Waals surface area contributed by atoms with E-state index in [1.165, 1.54) is 21.5 Å². The summed E-state index contributed by atoms with van der Waals surface area (Å²) in [5.74, 6) is 0. The zero-order valence-electron chi connectivity index (χ0n) is 20.9. The van der Waals surface area contributed by atoms with Crippen molar-refractivity contribution in [1.29, 1.82) is 0 Å². The molecule has 3 aromatic rings. The van der Waals surface area contributed by atoms with Crippen molar-refractivity contribution >= 4 is 29.3 Å². The summed E-state index contributed by atoms with van der Waals surface area (Å²) in [5.41, 5.74) is 0.977. The largest absolute Gasteiger partial charge is 1.00 e. The van der Waals surface area contributed by atoms with Gasteiger partial charge in [-0.2, -0.15) is 0 Å². The van der Waals surface area contributed by atoms with Crippen LogP contribution >= 0.6 is 7.26 Å². The van der Waals surface area contributed by atoms with Gasteiger partial charge in [0.05, 0.1) is 6.16 Å². The minimum Gasteiger partial charge on any atom is -1.00 e. The fraction of sp³-hybridized carbons (Fsp3) is 0.300. The number of nitrogens with zero attached hydrogens (tertiary/aromatic N) is 1. The Morgan fingerprint density at radius 3 is 1.57 bits per heavy atom. The van der Waals surface area contributed by atoms with E-state index in [0.29, 0.717) is 13.1 Å². The van der Waals surface area contributed by atoms with Crippen LogP contribution in [0, 0.1) is 0 Å². The first kappa shape index (κ1) is 27.0. The average Bonchev–Trinajstić information content (AvgIpc) is 2.86. The van der Waals surface area contributed by atoms with Crippen LogP contribution in [0.4, 0.5) is 4.79 Å². The molecular formula is C30H35ClNO2P. The third-order valence-electron chi connectivity index (χ3n) is 6.30. The number of hydrogen-bond donors (Lipinski definition) is 0. The van der Waals surface area contributed by atoms with Crippen LogP contribution in [0.5, 0.6) is 0 Å². The normalized spacial score (nSPS) is 14.1. The van der Waals surface area contributed by atoms with Crippen LogP contribution in [0.1, 0.15) is 33.6 Å². The summed E-state index contributed by atoms with van der Waals surface area (Å²) >= 11 is 0. The highest BCUT2D eigenvalue weighted by molar-refractivity contribution is 7.95. The van der Waals surface area contributed by atoms with Crippen molar-refractivity contribution in [1.82, 2.24) is 4.90 Å². The number of ether oxygens (including phenoxy) is 1. The molecule has 0 saturated carbocycles. The van der Waals surface area contributed by atoms with E-state index in [9.17, 15) is 4.79 Å². The minimum atomic E-state index is -1.86. The number of amides is 1. The molecular weight excluding hydrogens is 473 g/mol. The molecule has 1 saturated heterocycles. The maximum Gasteiger partial charge on any atom is 0.410 e. The summed E-state index contributed by atoms with van der Waals surface area (Å²) in [6.45, 7) is 7.18. The van der Waals surface area contributed by atoms with Crippen molar-refractivity contribution in [2.45, 2.75) is 39.2 Å². The van der Waals surface area contributed by atoms with Crippen LogP contribution in [0.25, 0.3) is 0 Å². The second-order valence-corrected chi connectivity index (χ2v) is 13.4. The second-order valence-electron chi connectivity index (χ2n) is 9.83. The van der Waals surface area contributed by atoms with Gasteiger partial charge in [-0.15, -0.1) is 0 Å². The lowest BCUT2D eigenvalue weighted by atomic mass is 10.0. The predicted octanol–water partition coefficient (Wildman–Crippen LogP) is 2.94. The maximum absolute atomic E-state index is 12.5. The smallest absolute Gasteiger partial charge is 0.410 e. The van der Waals surface area contributed by atoms with E-state index in [1.807, 2.05) is 25.7 Å². The number of carbonyl (C=O) groups excluding carboxylic acids is 1. The molecule has 1 aliphatic heterocycles. The lowest BCUT2D eigenvalue weighted by Crippen LogP contribution is -3.00. The molecule has 184 valence electrons. The van der Waals surface area contributed by atoms with Gasteiger partial charge in [0.15, 0.2) is 0 Å². The van der Waals surface area contributed by atoms with Gasteiger partial charge in [0.2, 0.25) is 0 Å². The zero-order valence-corrected chi connectivity index (χ0v) is 22.5. The zero-order chi connectivity index (χ0) is 24.0. The van der Waals surface area contributed by atoms with Crippen LogP contribution in [0.3, 0.4) is 0 Å². The first-order valence-electron chi connectivity index (χ1n) is 12.1. The molecule has 0 aromatic heterocycles. The summed E-state index contributed by atoms with van der Waals surface area (Å²) in [5, 5.41) is 4.20. The number of rotatable bonds is 5. The van der Waals surface area contributed by atoms with E-state index < -0.39 is 12.9 Å². The molecule has 5 heteroatoms. The van der Waals surface area contributed by atoms with Crippen molar-refractivity contribution in [3.63, 3.8) is 0 Å². The fourth-order valence-corrected chi connectivity index (χ4v) is 8.69. The van der Waals surface area contributed by atoms with Gasteiger partial charge in [-0.25, -0.2) is 4.79 Å². The standard InChI is InChI=1S/C30H35NO2P.ClH/c1-30(2,3)33-29(32)31-22-19-25(20-23-31)21-24-34(26-13-7-4-8-14-26,27-15-9-5-10-16-27)28-17-11-6-12-18-28;/h4-18,21H,19-20,22-24H2,1-3H3;1H/q+1;/p-1. The van der Waals surface area contributed by atoms with E-state index >= 15 is 0 Å². The molecule has 0 unspecified atom stereocenters. The molecule has 0 N–H and O–H groups in total. The summed E-state index contributed by atoms with van der Waals surface area (Å²) in [6.07, 6.45) is 5.04. The molecule has 35 heavy (non-hydrogen) atoms. The van der Waals surface area contributed by atoms with Gasteiger partial charge in [0.1, 0.15) is 28.8 Å². The first-order chi connectivity index (χ1) is 16.4. The lowest BCUT2D eigenvalue weighted by molar-refractivity contribution is -0.0000518. The van der Waals surface area contributed by atoms with Crippen LogP contribution < -0.4 is 28.3 Å². The van der Waals surface area contributed by atoms with Crippen LogP contribution in [-0.2, 0) is 4.74 Å². The van der Waals surface area contributed by atoms with Gasteiger partial charge < -0.3 is 22.0 Å². The molecule has 1 aliphatic rings. The molecule has 0 aliphatic carbocycles. The number of halogens is 1. The van der Waals surface area contributed by atoms with E-state index in [-0.39, 0.29) is 18.5 Å². The number of piperidine rings is 1. The molecule has 0 bridgehead atoms. The molecule has 1 heterocycles. The van der Waals surface area contributed by atoms with Gasteiger partial charge in [0.25, 0.3) is 0 Å². The molecule has 0 radical (unpaired) electrons. The maximum atomic E-state index is 12.5. The Hall–Kier alpha value is -2.61. The quantitative estimate of drug-likeness (QED) is 0.392.